The van der Waals surface area contributed by atoms with E-state index >= 15 is 0 Å². The van der Waals surface area contributed by atoms with Crippen molar-refractivity contribution in [1.29, 1.82) is 0 Å². The second-order valence-corrected chi connectivity index (χ2v) is 3.85. The van der Waals surface area contributed by atoms with Crippen molar-refractivity contribution in [3.05, 3.63) is 48.2 Å². The predicted octanol–water partition coefficient (Wildman–Crippen LogP) is 2.26. The van der Waals surface area contributed by atoms with Gasteiger partial charge in [-0.2, -0.15) is 4.98 Å². The molecule has 2 aromatic heterocycles. The van der Waals surface area contributed by atoms with E-state index in [4.69, 9.17) is 5.73 Å². The van der Waals surface area contributed by atoms with Gasteiger partial charge in [0.2, 0.25) is 5.95 Å². The number of nitrogens with two attached hydrogens (primary N) is 1. The van der Waals surface area contributed by atoms with Crippen LogP contribution in [0.4, 0.5) is 14.7 Å². The topological polar surface area (TPSA) is 56.2 Å². The molecule has 0 radical (unpaired) electrons. The van der Waals surface area contributed by atoms with Crippen LogP contribution in [-0.2, 0) is 0 Å². The number of nitrogens with zero attached hydrogens (tertiary/aromatic N) is 3. The number of hydrogen-bond acceptors (Lipinski definition) is 3. The zero-order chi connectivity index (χ0) is 12.7. The first-order valence-corrected chi connectivity index (χ1v) is 5.20. The number of anilines is 1. The number of benzene rings is 1. The Hall–Kier alpha value is -2.50. The summed E-state index contributed by atoms with van der Waals surface area (Å²) in [4.78, 5) is 3.99. The first-order chi connectivity index (χ1) is 8.61. The molecule has 0 saturated carbocycles. The lowest BCUT2D eigenvalue weighted by Gasteiger charge is -2.02. The van der Waals surface area contributed by atoms with Crippen LogP contribution in [0.15, 0.2) is 36.5 Å². The summed E-state index contributed by atoms with van der Waals surface area (Å²) >= 11 is 0. The Morgan fingerprint density at radius 1 is 1.00 bits per heavy atom. The molecule has 2 N–H and O–H groups in total. The van der Waals surface area contributed by atoms with Crippen LogP contribution in [0, 0.1) is 11.6 Å². The fourth-order valence-corrected chi connectivity index (χ4v) is 1.80. The molecule has 18 heavy (non-hydrogen) atoms. The molecule has 4 nitrogen and oxygen atoms in total. The third-order valence-corrected chi connectivity index (χ3v) is 2.55. The van der Waals surface area contributed by atoms with Crippen LogP contribution in [0.1, 0.15) is 0 Å². The lowest BCUT2D eigenvalue weighted by Crippen LogP contribution is -1.90. The Labute approximate surface area is 101 Å². The number of halogens is 2. The molecule has 0 unspecified atom stereocenters. The van der Waals surface area contributed by atoms with E-state index in [0.717, 1.165) is 6.07 Å². The van der Waals surface area contributed by atoms with Crippen LogP contribution >= 0.6 is 0 Å². The number of rotatable bonds is 1. The number of aromatic nitrogens is 3. The first-order valence-electron chi connectivity index (χ1n) is 5.20. The maximum atomic E-state index is 13.1. The van der Waals surface area contributed by atoms with E-state index in [1.165, 1.54) is 16.6 Å². The molecule has 0 saturated heterocycles. The van der Waals surface area contributed by atoms with Crippen molar-refractivity contribution in [3.8, 4) is 11.1 Å². The number of nitrogen functional groups attached to an aromatic ring is 1. The molecule has 0 atom stereocenters. The SMILES string of the molecule is Nc1nc2cc(-c3cc(F)cc(F)c3)ccn2n1. The standard InChI is InChI=1S/C12H8F2N4/c13-9-3-8(4-10(14)6-9)7-1-2-18-11(5-7)16-12(15)17-18/h1-6H,(H2,15,17). The normalized spacial score (nSPS) is 11.0. The average Bonchev–Trinajstić information content (AvgIpc) is 2.66. The van der Waals surface area contributed by atoms with Crippen molar-refractivity contribution in [3.63, 3.8) is 0 Å². The van der Waals surface area contributed by atoms with Crippen LogP contribution in [0.3, 0.4) is 0 Å². The molecular weight excluding hydrogens is 238 g/mol. The largest absolute Gasteiger partial charge is 0.366 e. The molecule has 0 fully saturated rings. The van der Waals surface area contributed by atoms with Crippen LogP contribution < -0.4 is 5.73 Å². The molecule has 0 aliphatic heterocycles. The van der Waals surface area contributed by atoms with E-state index in [9.17, 15) is 8.78 Å². The maximum absolute atomic E-state index is 13.1. The molecule has 0 bridgehead atoms. The quantitative estimate of drug-likeness (QED) is 0.716. The molecule has 0 spiro atoms. The molecule has 3 aromatic rings. The van der Waals surface area contributed by atoms with E-state index in [2.05, 4.69) is 10.1 Å². The summed E-state index contributed by atoms with van der Waals surface area (Å²) < 4.78 is 27.8. The molecule has 0 aliphatic carbocycles. The fraction of sp³-hybridized carbons (Fsp3) is 0. The third kappa shape index (κ3) is 1.77. The highest BCUT2D eigenvalue weighted by Crippen LogP contribution is 2.22. The summed E-state index contributed by atoms with van der Waals surface area (Å²) in [6.07, 6.45) is 1.64. The highest BCUT2D eigenvalue weighted by molar-refractivity contribution is 5.67. The van der Waals surface area contributed by atoms with Crippen LogP contribution in [0.2, 0.25) is 0 Å². The van der Waals surface area contributed by atoms with Gasteiger partial charge in [-0.1, -0.05) is 0 Å². The minimum atomic E-state index is -0.620. The highest BCUT2D eigenvalue weighted by Gasteiger charge is 2.06. The average molecular weight is 246 g/mol. The summed E-state index contributed by atoms with van der Waals surface area (Å²) in [6.45, 7) is 0. The van der Waals surface area contributed by atoms with Gasteiger partial charge in [0.05, 0.1) is 0 Å². The zero-order valence-corrected chi connectivity index (χ0v) is 9.14. The molecule has 90 valence electrons. The molecule has 0 aliphatic rings. The van der Waals surface area contributed by atoms with Gasteiger partial charge in [0.15, 0.2) is 5.65 Å². The van der Waals surface area contributed by atoms with Crippen LogP contribution in [-0.4, -0.2) is 14.6 Å². The molecule has 6 heteroatoms. The summed E-state index contributed by atoms with van der Waals surface area (Å²) in [6, 6.07) is 6.70. The lowest BCUT2D eigenvalue weighted by molar-refractivity contribution is 0.584. The van der Waals surface area contributed by atoms with Gasteiger partial charge in [-0.25, -0.2) is 13.3 Å². The van der Waals surface area contributed by atoms with Crippen molar-refractivity contribution in [1.82, 2.24) is 14.6 Å². The number of hydrogen-bond donors (Lipinski definition) is 1. The van der Waals surface area contributed by atoms with E-state index < -0.39 is 11.6 Å². The Kier molecular flexibility index (Phi) is 2.22. The second-order valence-electron chi connectivity index (χ2n) is 3.85. The van der Waals surface area contributed by atoms with Gasteiger partial charge in [-0.15, -0.1) is 5.10 Å². The summed E-state index contributed by atoms with van der Waals surface area (Å²) in [7, 11) is 0. The summed E-state index contributed by atoms with van der Waals surface area (Å²) in [5.74, 6) is -1.09. The Bertz CT molecular complexity index is 716. The van der Waals surface area contributed by atoms with Crippen molar-refractivity contribution in [2.24, 2.45) is 0 Å². The van der Waals surface area contributed by atoms with Crippen molar-refractivity contribution >= 4 is 11.6 Å². The summed E-state index contributed by atoms with van der Waals surface area (Å²) in [5.41, 5.74) is 7.08. The lowest BCUT2D eigenvalue weighted by atomic mass is 10.1. The minimum absolute atomic E-state index is 0.151. The molecule has 2 heterocycles. The molecule has 1 aromatic carbocycles. The van der Waals surface area contributed by atoms with Crippen molar-refractivity contribution in [2.75, 3.05) is 5.73 Å². The Morgan fingerprint density at radius 2 is 1.72 bits per heavy atom. The predicted molar refractivity (Wildman–Crippen MR) is 62.8 cm³/mol. The minimum Gasteiger partial charge on any atom is -0.366 e. The Balaban J connectivity index is 2.18. The van der Waals surface area contributed by atoms with Gasteiger partial charge < -0.3 is 5.73 Å². The van der Waals surface area contributed by atoms with Gasteiger partial charge in [-0.3, -0.25) is 0 Å². The first kappa shape index (κ1) is 10.6. The molecule has 3 rings (SSSR count). The van der Waals surface area contributed by atoms with E-state index in [1.807, 2.05) is 0 Å². The van der Waals surface area contributed by atoms with Gasteiger partial charge in [0.1, 0.15) is 11.6 Å². The van der Waals surface area contributed by atoms with Crippen LogP contribution in [0.5, 0.6) is 0 Å². The van der Waals surface area contributed by atoms with E-state index in [1.54, 1.807) is 18.3 Å². The molecular formula is C12H8F2N4. The van der Waals surface area contributed by atoms with Gasteiger partial charge in [-0.05, 0) is 35.4 Å². The van der Waals surface area contributed by atoms with Gasteiger partial charge >= 0.3 is 0 Å². The highest BCUT2D eigenvalue weighted by atomic mass is 19.1. The summed E-state index contributed by atoms with van der Waals surface area (Å²) in [5, 5.41) is 3.92. The second kappa shape index (κ2) is 3.76. The third-order valence-electron chi connectivity index (χ3n) is 2.55. The van der Waals surface area contributed by atoms with E-state index in [-0.39, 0.29) is 5.95 Å². The zero-order valence-electron chi connectivity index (χ0n) is 9.14. The number of pyridine rings is 1. The van der Waals surface area contributed by atoms with Crippen molar-refractivity contribution in [2.45, 2.75) is 0 Å². The number of fused-ring (bicyclic) bond motifs is 1. The Morgan fingerprint density at radius 3 is 2.44 bits per heavy atom. The molecule has 0 amide bonds. The maximum Gasteiger partial charge on any atom is 0.240 e. The fourth-order valence-electron chi connectivity index (χ4n) is 1.80. The smallest absolute Gasteiger partial charge is 0.240 e. The monoisotopic (exact) mass is 246 g/mol. The van der Waals surface area contributed by atoms with Crippen molar-refractivity contribution < 1.29 is 8.78 Å². The van der Waals surface area contributed by atoms with E-state index in [0.29, 0.717) is 16.8 Å². The van der Waals surface area contributed by atoms with Gasteiger partial charge in [0.25, 0.3) is 0 Å². The van der Waals surface area contributed by atoms with Gasteiger partial charge in [0, 0.05) is 12.3 Å². The van der Waals surface area contributed by atoms with Crippen LogP contribution in [0.25, 0.3) is 16.8 Å².